The van der Waals surface area contributed by atoms with Gasteiger partial charge in [0.2, 0.25) is 0 Å². The molecule has 0 bridgehead atoms. The zero-order valence-electron chi connectivity index (χ0n) is 10.9. The van der Waals surface area contributed by atoms with E-state index in [1.54, 1.807) is 0 Å². The van der Waals surface area contributed by atoms with Crippen LogP contribution in [-0.4, -0.2) is 45.4 Å². The maximum Gasteiger partial charge on any atom is 0.198 e. The molecular formula is C12H13AsN2O6. The molecule has 0 saturated carbocycles. The number of nitrogens with one attached hydrogen (secondary N) is 1. The van der Waals surface area contributed by atoms with Crippen LogP contribution < -0.4 is 9.67 Å². The van der Waals surface area contributed by atoms with Crippen molar-refractivity contribution >= 4 is 42.1 Å². The first kappa shape index (κ1) is 16.9. The fourth-order valence-corrected chi connectivity index (χ4v) is 2.75. The monoisotopic (exact) mass is 356 g/mol. The number of carbonyl (C=O) groups is 2. The summed E-state index contributed by atoms with van der Waals surface area (Å²) < 4.78 is 28.4. The number of anilines is 1. The molecule has 1 amide bonds. The van der Waals surface area contributed by atoms with Gasteiger partial charge in [0, 0.05) is 12.3 Å². The van der Waals surface area contributed by atoms with Crippen molar-refractivity contribution in [3.05, 3.63) is 30.5 Å². The minimum absolute atomic E-state index is 0.00951. The number of rotatable bonds is 2. The summed E-state index contributed by atoms with van der Waals surface area (Å²) >= 11 is -5.15. The number of hydrogen-bond acceptors (Lipinski definition) is 5. The van der Waals surface area contributed by atoms with Gasteiger partial charge in [-0.05, 0) is 0 Å². The van der Waals surface area contributed by atoms with Crippen molar-refractivity contribution in [1.82, 2.24) is 0 Å². The van der Waals surface area contributed by atoms with E-state index in [1.807, 2.05) is 0 Å². The number of nitrogens with zero attached hydrogens (tertiary/aromatic N) is 1. The number of para-hydroxylation sites is 1. The van der Waals surface area contributed by atoms with Crippen molar-refractivity contribution in [2.75, 3.05) is 5.32 Å². The first-order valence-corrected chi connectivity index (χ1v) is 8.99. The Bertz CT molecular complexity index is 648. The molecule has 1 aliphatic heterocycles. The van der Waals surface area contributed by atoms with Crippen LogP contribution in [0.1, 0.15) is 6.92 Å². The summed E-state index contributed by atoms with van der Waals surface area (Å²) in [6.45, 7) is 1.23. The Balaban J connectivity index is 0.000000304. The molecule has 8 nitrogen and oxygen atoms in total. The van der Waals surface area contributed by atoms with Gasteiger partial charge in [0.1, 0.15) is 0 Å². The van der Waals surface area contributed by atoms with Gasteiger partial charge in [0.25, 0.3) is 0 Å². The zero-order chi connectivity index (χ0) is 16.0. The average molecular weight is 356 g/mol. The molecule has 0 saturated heterocycles. The molecule has 0 atom stereocenters. The van der Waals surface area contributed by atoms with Crippen molar-refractivity contribution in [3.63, 3.8) is 0 Å². The van der Waals surface area contributed by atoms with Crippen molar-refractivity contribution < 1.29 is 26.6 Å². The van der Waals surface area contributed by atoms with Gasteiger partial charge < -0.3 is 0 Å². The van der Waals surface area contributed by atoms with Crippen LogP contribution in [0.3, 0.4) is 0 Å². The van der Waals surface area contributed by atoms with E-state index >= 15 is 0 Å². The van der Waals surface area contributed by atoms with E-state index in [1.165, 1.54) is 37.5 Å². The number of phenols is 1. The van der Waals surface area contributed by atoms with Crippen LogP contribution in [0.2, 0.25) is 0 Å². The molecule has 2 rings (SSSR count). The predicted octanol–water partition coefficient (Wildman–Crippen LogP) is -0.935. The topological polar surface area (TPSA) is 136 Å². The second-order valence-electron chi connectivity index (χ2n) is 3.89. The van der Waals surface area contributed by atoms with Gasteiger partial charge in [0.15, 0.2) is 5.78 Å². The maximum absolute atomic E-state index is 11.0. The summed E-state index contributed by atoms with van der Waals surface area (Å²) in [6.07, 6.45) is 4.17. The van der Waals surface area contributed by atoms with Gasteiger partial charge in [-0.1, -0.05) is 0 Å². The second-order valence-corrected chi connectivity index (χ2v) is 7.19. The van der Waals surface area contributed by atoms with Crippen molar-refractivity contribution in [1.29, 1.82) is 0 Å². The maximum atomic E-state index is 11.0. The Morgan fingerprint density at radius 3 is 2.38 bits per heavy atom. The Hall–Kier alpha value is -2.15. The van der Waals surface area contributed by atoms with E-state index in [2.05, 4.69) is 10.3 Å². The number of phenolic OH excluding ortho intramolecular Hbond substituents is 1. The number of amides is 1. The summed E-state index contributed by atoms with van der Waals surface area (Å²) in [4.78, 5) is 24.2. The van der Waals surface area contributed by atoms with E-state index in [-0.39, 0.29) is 11.5 Å². The third kappa shape index (κ3) is 5.39. The third-order valence-corrected chi connectivity index (χ3v) is 4.24. The second kappa shape index (κ2) is 7.03. The molecule has 0 aromatic heterocycles. The average Bonchev–Trinajstić information content (AvgIpc) is 2.82. The minimum Gasteiger partial charge on any atom is -0.288 e. The van der Waals surface area contributed by atoms with Gasteiger partial charge in [-0.25, -0.2) is 0 Å². The fraction of sp³-hybridized carbons (Fsp3) is 0.0833. The van der Waals surface area contributed by atoms with Crippen molar-refractivity contribution in [2.24, 2.45) is 4.99 Å². The molecule has 0 unspecified atom stereocenters. The van der Waals surface area contributed by atoms with Gasteiger partial charge in [-0.2, -0.15) is 0 Å². The van der Waals surface area contributed by atoms with Crippen LogP contribution in [-0.2, 0) is 13.3 Å². The Kier molecular flexibility index (Phi) is 5.66. The van der Waals surface area contributed by atoms with Gasteiger partial charge in [0.05, 0.1) is 6.21 Å². The first-order chi connectivity index (χ1) is 9.71. The SMILES string of the molecule is CC(=O)Nc1cccc([As](=O)(O)O)c1O.O=C1C=CN=C1. The summed E-state index contributed by atoms with van der Waals surface area (Å²) in [5.41, 5.74) is -0.00951. The molecule has 4 N–H and O–H groups in total. The Labute approximate surface area is 122 Å². The largest absolute Gasteiger partial charge is 0.288 e. The molecule has 0 radical (unpaired) electrons. The smallest absolute Gasteiger partial charge is 0.198 e. The van der Waals surface area contributed by atoms with Gasteiger partial charge in [-0.3, -0.25) is 9.79 Å². The number of hydrogen-bond donors (Lipinski definition) is 4. The quantitative estimate of drug-likeness (QED) is 0.399. The number of ketones is 1. The Morgan fingerprint density at radius 1 is 1.33 bits per heavy atom. The standard InChI is InChI=1S/C8H10AsNO5.C4H3NO/c1-5(11)10-7-4-2-3-6(8(7)12)9(13,14)15;6-4-1-2-5-3-4/h2-4,12H,1H3,(H,10,11)(H2,13,14,15);1-3H. The molecule has 0 aliphatic carbocycles. The summed E-state index contributed by atoms with van der Waals surface area (Å²) in [7, 11) is 0. The number of benzene rings is 1. The van der Waals surface area contributed by atoms with E-state index in [0.29, 0.717) is 0 Å². The van der Waals surface area contributed by atoms with Crippen LogP contribution in [0, 0.1) is 0 Å². The molecule has 9 heteroatoms. The van der Waals surface area contributed by atoms with Gasteiger partial charge >= 0.3 is 88.1 Å². The zero-order valence-corrected chi connectivity index (χ0v) is 12.8. The fourth-order valence-electron chi connectivity index (χ4n) is 1.33. The Morgan fingerprint density at radius 2 is 2.00 bits per heavy atom. The molecule has 112 valence electrons. The number of allylic oxidation sites excluding steroid dienone is 1. The molecular weight excluding hydrogens is 343 g/mol. The molecule has 0 spiro atoms. The van der Waals surface area contributed by atoms with E-state index in [0.717, 1.165) is 6.07 Å². The van der Waals surface area contributed by atoms with Crippen LogP contribution in [0.25, 0.3) is 0 Å². The van der Waals surface area contributed by atoms with Crippen molar-refractivity contribution in [3.8, 4) is 5.75 Å². The van der Waals surface area contributed by atoms with Crippen LogP contribution >= 0.6 is 0 Å². The van der Waals surface area contributed by atoms with E-state index in [9.17, 15) is 18.4 Å². The summed E-state index contributed by atoms with van der Waals surface area (Å²) in [5, 5.41) is 11.7. The number of aromatic hydroxyl groups is 1. The molecule has 21 heavy (non-hydrogen) atoms. The van der Waals surface area contributed by atoms with Gasteiger partial charge in [-0.15, -0.1) is 0 Å². The minimum atomic E-state index is -5.15. The molecule has 1 aromatic carbocycles. The summed E-state index contributed by atoms with van der Waals surface area (Å²) in [6, 6.07) is 3.83. The van der Waals surface area contributed by atoms with Crippen LogP contribution in [0.4, 0.5) is 5.69 Å². The molecule has 0 fully saturated rings. The number of aliphatic imine (C=N–C) groups is 1. The van der Waals surface area contributed by atoms with Crippen LogP contribution in [0.15, 0.2) is 35.5 Å². The molecule has 1 heterocycles. The van der Waals surface area contributed by atoms with E-state index in [4.69, 9.17) is 8.19 Å². The number of carbonyl (C=O) groups excluding carboxylic acids is 2. The van der Waals surface area contributed by atoms with E-state index < -0.39 is 30.2 Å². The molecule has 1 aliphatic rings. The molecule has 1 aromatic rings. The van der Waals surface area contributed by atoms with Crippen molar-refractivity contribution in [2.45, 2.75) is 6.92 Å². The summed E-state index contributed by atoms with van der Waals surface area (Å²) in [5.74, 6) is -1.03. The predicted molar refractivity (Wildman–Crippen MR) is 75.6 cm³/mol. The third-order valence-electron chi connectivity index (χ3n) is 2.17. The first-order valence-electron chi connectivity index (χ1n) is 5.61. The normalized spacial score (nSPS) is 12.8. The van der Waals surface area contributed by atoms with Crippen LogP contribution in [0.5, 0.6) is 5.75 Å².